The molecule has 5 atom stereocenters. The molecule has 0 spiro atoms. The summed E-state index contributed by atoms with van der Waals surface area (Å²) in [4.78, 5) is 15.0. The number of benzene rings is 1. The molecule has 0 amide bonds. The van der Waals surface area contributed by atoms with Gasteiger partial charge in [-0.25, -0.2) is 0 Å². The number of ether oxygens (including phenoxy) is 1. The normalized spacial score (nSPS) is 22.0. The van der Waals surface area contributed by atoms with E-state index in [1.54, 1.807) is 0 Å². The van der Waals surface area contributed by atoms with Crippen LogP contribution >= 0.6 is 0 Å². The van der Waals surface area contributed by atoms with Crippen LogP contribution in [-0.2, 0) is 40.8 Å². The predicted molar refractivity (Wildman–Crippen MR) is 108 cm³/mol. The van der Waals surface area contributed by atoms with Gasteiger partial charge in [-0.05, 0) is 69.7 Å². The minimum Gasteiger partial charge on any atom is 0 e. The van der Waals surface area contributed by atoms with Crippen molar-refractivity contribution in [2.75, 3.05) is 14.1 Å². The number of fused-ring (bicyclic) bond motifs is 2. The van der Waals surface area contributed by atoms with Gasteiger partial charge in [0.15, 0.2) is 0 Å². The molecule has 2 aliphatic carbocycles. The third-order valence-electron chi connectivity index (χ3n) is 6.24. The Morgan fingerprint density at radius 3 is 2.03 bits per heavy atom. The van der Waals surface area contributed by atoms with Crippen LogP contribution in [0, 0.1) is 37.7 Å². The van der Waals surface area contributed by atoms with E-state index in [1.165, 1.54) is 24.8 Å². The average Bonchev–Trinajstić information content (AvgIpc) is 3.45. The van der Waals surface area contributed by atoms with Gasteiger partial charge in [0.25, 0.3) is 0 Å². The van der Waals surface area contributed by atoms with Crippen molar-refractivity contribution in [3.63, 3.8) is 0 Å². The van der Waals surface area contributed by atoms with E-state index in [-0.39, 0.29) is 35.4 Å². The van der Waals surface area contributed by atoms with Gasteiger partial charge >= 0.3 is 39.9 Å². The molecule has 2 bridgehead atoms. The molecule has 2 fully saturated rings. The molecule has 168 valence electrons. The summed E-state index contributed by atoms with van der Waals surface area (Å²) >= 11 is 0. The molecule has 0 saturated heterocycles. The van der Waals surface area contributed by atoms with Gasteiger partial charge in [0, 0.05) is 23.4 Å². The topological polar surface area (TPSA) is 89.2 Å². The van der Waals surface area contributed by atoms with Crippen LogP contribution in [0.3, 0.4) is 0 Å². The van der Waals surface area contributed by atoms with Crippen molar-refractivity contribution in [1.29, 1.82) is 0 Å². The Morgan fingerprint density at radius 2 is 1.61 bits per heavy atom. The van der Waals surface area contributed by atoms with Crippen LogP contribution in [0.15, 0.2) is 24.3 Å². The van der Waals surface area contributed by atoms with Crippen molar-refractivity contribution in [1.82, 2.24) is 4.90 Å². The summed E-state index contributed by atoms with van der Waals surface area (Å²) < 4.78 is 28.5. The van der Waals surface area contributed by atoms with Gasteiger partial charge in [-0.15, -0.1) is 0 Å². The summed E-state index contributed by atoms with van der Waals surface area (Å²) in [6.07, 6.45) is 5.52. The SMILES string of the molecule is CC[C@H](OC(=O)[C@@H]1C[C@@H]2CC[C@H]1C2)c1ccccc1[C@@H](C)N(C)C.[C-]#[O+].[C-]#[O+].[C-]#[O+].[Cr]. The summed E-state index contributed by atoms with van der Waals surface area (Å²) in [7, 11) is 4.17. The molecule has 0 unspecified atom stereocenters. The molecule has 2 aliphatic rings. The number of esters is 1. The maximum absolute atomic E-state index is 12.8. The van der Waals surface area contributed by atoms with Crippen molar-refractivity contribution in [3.8, 4) is 0 Å². The first-order chi connectivity index (χ1) is 14.5. The van der Waals surface area contributed by atoms with Crippen LogP contribution in [0.2, 0.25) is 0 Å². The van der Waals surface area contributed by atoms with Crippen molar-refractivity contribution >= 4 is 5.97 Å². The molecular formula is C24H31CrNO5. The number of carbonyl (C=O) groups is 1. The van der Waals surface area contributed by atoms with Gasteiger partial charge in [-0.2, -0.15) is 0 Å². The van der Waals surface area contributed by atoms with E-state index in [4.69, 9.17) is 18.7 Å². The Bertz CT molecular complexity index is 701. The first kappa shape index (κ1) is 31.6. The van der Waals surface area contributed by atoms with E-state index < -0.39 is 0 Å². The van der Waals surface area contributed by atoms with Gasteiger partial charge in [0.05, 0.1) is 5.92 Å². The van der Waals surface area contributed by atoms with Crippen molar-refractivity contribution in [2.24, 2.45) is 17.8 Å². The Hall–Kier alpha value is -1.60. The molecule has 7 heteroatoms. The zero-order chi connectivity index (χ0) is 23.3. The maximum atomic E-state index is 12.8. The Morgan fingerprint density at radius 1 is 1.06 bits per heavy atom. The molecule has 0 N–H and O–H groups in total. The van der Waals surface area contributed by atoms with Crippen LogP contribution in [0.25, 0.3) is 0 Å². The van der Waals surface area contributed by atoms with E-state index in [0.29, 0.717) is 12.0 Å². The van der Waals surface area contributed by atoms with Crippen molar-refractivity contribution in [3.05, 3.63) is 55.3 Å². The zero-order valence-corrected chi connectivity index (χ0v) is 19.9. The van der Waals surface area contributed by atoms with E-state index >= 15 is 0 Å². The minimum absolute atomic E-state index is 0. The molecule has 1 aromatic carbocycles. The van der Waals surface area contributed by atoms with E-state index in [0.717, 1.165) is 24.3 Å². The third-order valence-corrected chi connectivity index (χ3v) is 6.24. The largest absolute Gasteiger partial charge is 0 e. The molecule has 1 aromatic rings. The summed E-state index contributed by atoms with van der Waals surface area (Å²) in [5.41, 5.74) is 2.42. The molecule has 6 nitrogen and oxygen atoms in total. The quantitative estimate of drug-likeness (QED) is 0.349. The van der Waals surface area contributed by atoms with Crippen LogP contribution in [0.1, 0.15) is 69.2 Å². The number of hydrogen-bond donors (Lipinski definition) is 0. The van der Waals surface area contributed by atoms with Gasteiger partial charge in [-0.3, -0.25) is 4.79 Å². The smallest absolute Gasteiger partial charge is 0 e. The van der Waals surface area contributed by atoms with Gasteiger partial charge in [0.2, 0.25) is 0 Å². The van der Waals surface area contributed by atoms with Crippen molar-refractivity contribution < 1.29 is 40.8 Å². The monoisotopic (exact) mass is 465 g/mol. The second kappa shape index (κ2) is 17.0. The Kier molecular flexibility index (Phi) is 17.3. The van der Waals surface area contributed by atoms with E-state index in [2.05, 4.69) is 77.1 Å². The average molecular weight is 466 g/mol. The fourth-order valence-corrected chi connectivity index (χ4v) is 4.59. The van der Waals surface area contributed by atoms with Gasteiger partial charge in [-0.1, -0.05) is 37.6 Å². The zero-order valence-electron chi connectivity index (χ0n) is 18.6. The molecular weight excluding hydrogens is 434 g/mol. The van der Waals surface area contributed by atoms with E-state index in [9.17, 15) is 4.79 Å². The maximum Gasteiger partial charge on any atom is 0 e. The van der Waals surface area contributed by atoms with Crippen LogP contribution in [0.5, 0.6) is 0 Å². The van der Waals surface area contributed by atoms with Crippen LogP contribution in [-0.4, -0.2) is 25.0 Å². The van der Waals surface area contributed by atoms with Gasteiger partial charge < -0.3 is 9.64 Å². The number of hydrogen-bond acceptors (Lipinski definition) is 3. The van der Waals surface area contributed by atoms with Crippen LogP contribution < -0.4 is 0 Å². The molecule has 0 radical (unpaired) electrons. The predicted octanol–water partition coefficient (Wildman–Crippen LogP) is 4.62. The Labute approximate surface area is 197 Å². The third kappa shape index (κ3) is 8.45. The second-order valence-corrected chi connectivity index (χ2v) is 7.88. The molecule has 2 saturated carbocycles. The number of nitrogens with zero attached hydrogens (tertiary/aromatic N) is 1. The summed E-state index contributed by atoms with van der Waals surface area (Å²) in [5.74, 6) is 1.54. The van der Waals surface area contributed by atoms with Crippen molar-refractivity contribution in [2.45, 2.75) is 58.1 Å². The molecule has 0 aliphatic heterocycles. The minimum atomic E-state index is -0.129. The van der Waals surface area contributed by atoms with Crippen LogP contribution in [0.4, 0.5) is 0 Å². The van der Waals surface area contributed by atoms with Gasteiger partial charge in [0.1, 0.15) is 6.10 Å². The molecule has 0 heterocycles. The first-order valence-corrected chi connectivity index (χ1v) is 10.1. The standard InChI is InChI=1S/C21H31NO2.3CO.Cr/c1-5-20(18-9-7-6-8-17(18)14(2)22(3)4)24-21(23)19-13-15-10-11-16(19)12-15;3*1-2;/h6-9,14-16,19-20H,5,10-13H2,1-4H3;;;;/t14-,15-,16+,19-,20+;;;;/m1..../s1. The molecule has 31 heavy (non-hydrogen) atoms. The second-order valence-electron chi connectivity index (χ2n) is 7.88. The first-order valence-electron chi connectivity index (χ1n) is 10.1. The van der Waals surface area contributed by atoms with E-state index in [1.807, 2.05) is 0 Å². The summed E-state index contributed by atoms with van der Waals surface area (Å²) in [6, 6.07) is 8.71. The molecule has 3 rings (SSSR count). The molecule has 0 aromatic heterocycles. The summed E-state index contributed by atoms with van der Waals surface area (Å²) in [5, 5.41) is 0. The number of rotatable bonds is 6. The fourth-order valence-electron chi connectivity index (χ4n) is 4.59. The number of carbonyl (C=O) groups excluding carboxylic acids is 1. The fraction of sp³-hybridized carbons (Fsp3) is 0.583. The Balaban J connectivity index is 0. The summed E-state index contributed by atoms with van der Waals surface area (Å²) in [6.45, 7) is 17.8.